The van der Waals surface area contributed by atoms with Gasteiger partial charge in [-0.25, -0.2) is 14.1 Å². The standard InChI is InChI=1S/C22H19FN4O3/c1-14-11-15(2)27(26-14)21-10-5-17(12-24-21)25-22(28)20-9-8-19(30-20)13-29-18-6-3-16(23)4-7-18/h3-12H,13H2,1-2H3,(H,25,28). The molecule has 7 nitrogen and oxygen atoms in total. The molecule has 0 spiro atoms. The normalized spacial score (nSPS) is 10.8. The van der Waals surface area contributed by atoms with Crippen molar-refractivity contribution >= 4 is 11.6 Å². The van der Waals surface area contributed by atoms with Crippen LogP contribution in [0.15, 0.2) is 65.2 Å². The van der Waals surface area contributed by atoms with Gasteiger partial charge < -0.3 is 14.5 Å². The van der Waals surface area contributed by atoms with Gasteiger partial charge in [-0.15, -0.1) is 0 Å². The van der Waals surface area contributed by atoms with Crippen molar-refractivity contribution in [3.8, 4) is 11.6 Å². The summed E-state index contributed by atoms with van der Waals surface area (Å²) in [6.07, 6.45) is 1.56. The lowest BCUT2D eigenvalue weighted by atomic mass is 10.3. The summed E-state index contributed by atoms with van der Waals surface area (Å²) in [5.74, 6) is 1.06. The van der Waals surface area contributed by atoms with Crippen LogP contribution < -0.4 is 10.1 Å². The summed E-state index contributed by atoms with van der Waals surface area (Å²) in [6, 6.07) is 14.4. The molecule has 4 aromatic rings. The molecule has 3 heterocycles. The number of hydrogen-bond donors (Lipinski definition) is 1. The van der Waals surface area contributed by atoms with Crippen molar-refractivity contribution in [1.82, 2.24) is 14.8 Å². The van der Waals surface area contributed by atoms with Crippen LogP contribution in [0, 0.1) is 19.7 Å². The molecule has 0 saturated heterocycles. The Kier molecular flexibility index (Phi) is 5.30. The van der Waals surface area contributed by atoms with E-state index in [0.717, 1.165) is 11.4 Å². The van der Waals surface area contributed by atoms with Crippen molar-refractivity contribution < 1.29 is 18.3 Å². The SMILES string of the molecule is Cc1cc(C)n(-c2ccc(NC(=O)c3ccc(COc4ccc(F)cc4)o3)cn2)n1. The molecule has 0 saturated carbocycles. The fourth-order valence-electron chi connectivity index (χ4n) is 2.90. The van der Waals surface area contributed by atoms with Crippen LogP contribution >= 0.6 is 0 Å². The van der Waals surface area contributed by atoms with Gasteiger partial charge in [-0.2, -0.15) is 5.10 Å². The van der Waals surface area contributed by atoms with Crippen molar-refractivity contribution in [2.24, 2.45) is 0 Å². The van der Waals surface area contributed by atoms with Crippen molar-refractivity contribution in [3.63, 3.8) is 0 Å². The molecule has 30 heavy (non-hydrogen) atoms. The molecule has 0 unspecified atom stereocenters. The first kappa shape index (κ1) is 19.4. The molecular formula is C22H19FN4O3. The van der Waals surface area contributed by atoms with E-state index in [4.69, 9.17) is 9.15 Å². The van der Waals surface area contributed by atoms with Gasteiger partial charge in [0.1, 0.15) is 23.9 Å². The van der Waals surface area contributed by atoms with Gasteiger partial charge in [0.2, 0.25) is 0 Å². The van der Waals surface area contributed by atoms with E-state index in [2.05, 4.69) is 15.4 Å². The third-order valence-electron chi connectivity index (χ3n) is 4.31. The van der Waals surface area contributed by atoms with Gasteiger partial charge >= 0.3 is 0 Å². The molecular weight excluding hydrogens is 387 g/mol. The monoisotopic (exact) mass is 406 g/mol. The second kappa shape index (κ2) is 8.20. The third-order valence-corrected chi connectivity index (χ3v) is 4.31. The number of aromatic nitrogens is 3. The quantitative estimate of drug-likeness (QED) is 0.512. The first-order chi connectivity index (χ1) is 14.5. The Labute approximate surface area is 172 Å². The van der Waals surface area contributed by atoms with Crippen LogP contribution in [0.4, 0.5) is 10.1 Å². The molecule has 152 valence electrons. The Morgan fingerprint density at radius 2 is 1.93 bits per heavy atom. The first-order valence-electron chi connectivity index (χ1n) is 9.26. The number of nitrogens with one attached hydrogen (secondary N) is 1. The Morgan fingerprint density at radius 1 is 1.13 bits per heavy atom. The number of amides is 1. The number of anilines is 1. The number of carbonyl (C=O) groups is 1. The second-order valence-corrected chi connectivity index (χ2v) is 6.71. The summed E-state index contributed by atoms with van der Waals surface area (Å²) in [6.45, 7) is 3.99. The van der Waals surface area contributed by atoms with Crippen LogP contribution in [0.3, 0.4) is 0 Å². The number of nitrogens with zero attached hydrogens (tertiary/aromatic N) is 3. The average molecular weight is 406 g/mol. The Morgan fingerprint density at radius 3 is 2.60 bits per heavy atom. The molecule has 0 atom stereocenters. The molecule has 0 radical (unpaired) electrons. The largest absolute Gasteiger partial charge is 0.486 e. The topological polar surface area (TPSA) is 82.2 Å². The van der Waals surface area contributed by atoms with Gasteiger partial charge in [0, 0.05) is 5.69 Å². The van der Waals surface area contributed by atoms with Crippen molar-refractivity contribution in [3.05, 3.63) is 89.5 Å². The fraction of sp³-hybridized carbons (Fsp3) is 0.136. The van der Waals surface area contributed by atoms with Gasteiger partial charge in [-0.05, 0) is 68.4 Å². The summed E-state index contributed by atoms with van der Waals surface area (Å²) in [7, 11) is 0. The minimum atomic E-state index is -0.399. The van der Waals surface area contributed by atoms with Crippen LogP contribution in [0.1, 0.15) is 27.7 Å². The smallest absolute Gasteiger partial charge is 0.291 e. The highest BCUT2D eigenvalue weighted by Crippen LogP contribution is 2.17. The zero-order valence-electron chi connectivity index (χ0n) is 16.4. The molecule has 1 amide bonds. The molecule has 0 aliphatic heterocycles. The van der Waals surface area contributed by atoms with Crippen LogP contribution in [0.2, 0.25) is 0 Å². The maximum absolute atomic E-state index is 12.9. The van der Waals surface area contributed by atoms with Gasteiger partial charge in [0.15, 0.2) is 11.6 Å². The molecule has 4 rings (SSSR count). The number of ether oxygens (including phenoxy) is 1. The van der Waals surface area contributed by atoms with E-state index in [1.807, 2.05) is 19.9 Å². The average Bonchev–Trinajstić information content (AvgIpc) is 3.34. The molecule has 0 aliphatic carbocycles. The van der Waals surface area contributed by atoms with E-state index in [9.17, 15) is 9.18 Å². The number of benzene rings is 1. The summed E-state index contributed by atoms with van der Waals surface area (Å²) in [5.41, 5.74) is 2.41. The lowest BCUT2D eigenvalue weighted by molar-refractivity contribution is 0.0992. The number of furan rings is 1. The first-order valence-corrected chi connectivity index (χ1v) is 9.26. The summed E-state index contributed by atoms with van der Waals surface area (Å²) < 4.78 is 25.7. The Hall–Kier alpha value is -3.94. The minimum absolute atomic E-state index is 0.123. The number of halogens is 1. The van der Waals surface area contributed by atoms with Crippen LogP contribution in [-0.4, -0.2) is 20.7 Å². The molecule has 0 fully saturated rings. The highest BCUT2D eigenvalue weighted by molar-refractivity contribution is 6.02. The molecule has 1 aromatic carbocycles. The molecule has 3 aromatic heterocycles. The van der Waals surface area contributed by atoms with E-state index in [1.165, 1.54) is 24.3 Å². The third kappa shape index (κ3) is 4.38. The van der Waals surface area contributed by atoms with E-state index >= 15 is 0 Å². The highest BCUT2D eigenvalue weighted by Gasteiger charge is 2.13. The van der Waals surface area contributed by atoms with Crippen LogP contribution in [0.5, 0.6) is 5.75 Å². The zero-order valence-corrected chi connectivity index (χ0v) is 16.4. The van der Waals surface area contributed by atoms with Gasteiger partial charge in [0.25, 0.3) is 5.91 Å². The van der Waals surface area contributed by atoms with Gasteiger partial charge in [-0.1, -0.05) is 0 Å². The number of hydrogen-bond acceptors (Lipinski definition) is 5. The summed E-state index contributed by atoms with van der Waals surface area (Å²) in [4.78, 5) is 16.8. The van der Waals surface area contributed by atoms with Crippen molar-refractivity contribution in [1.29, 1.82) is 0 Å². The predicted molar refractivity (Wildman–Crippen MR) is 108 cm³/mol. The van der Waals surface area contributed by atoms with Crippen LogP contribution in [0.25, 0.3) is 5.82 Å². The van der Waals surface area contributed by atoms with Crippen molar-refractivity contribution in [2.45, 2.75) is 20.5 Å². The van der Waals surface area contributed by atoms with Crippen molar-refractivity contribution in [2.75, 3.05) is 5.32 Å². The minimum Gasteiger partial charge on any atom is -0.486 e. The van der Waals surface area contributed by atoms with E-state index in [-0.39, 0.29) is 18.2 Å². The van der Waals surface area contributed by atoms with Gasteiger partial charge in [-0.3, -0.25) is 4.79 Å². The number of aryl methyl sites for hydroxylation is 2. The molecule has 0 aliphatic rings. The zero-order chi connectivity index (χ0) is 21.1. The predicted octanol–water partition coefficient (Wildman–Crippen LogP) is 4.45. The molecule has 1 N–H and O–H groups in total. The number of rotatable bonds is 6. The van der Waals surface area contributed by atoms with Crippen LogP contribution in [-0.2, 0) is 6.61 Å². The van der Waals surface area contributed by atoms with E-state index < -0.39 is 5.91 Å². The highest BCUT2D eigenvalue weighted by atomic mass is 19.1. The molecule has 8 heteroatoms. The fourth-order valence-corrected chi connectivity index (χ4v) is 2.90. The maximum Gasteiger partial charge on any atom is 0.291 e. The Bertz CT molecular complexity index is 1160. The summed E-state index contributed by atoms with van der Waals surface area (Å²) in [5, 5.41) is 7.13. The maximum atomic E-state index is 12.9. The molecule has 0 bridgehead atoms. The van der Waals surface area contributed by atoms with Gasteiger partial charge in [0.05, 0.1) is 17.6 Å². The Balaban J connectivity index is 1.37. The second-order valence-electron chi connectivity index (χ2n) is 6.71. The van der Waals surface area contributed by atoms with E-state index in [0.29, 0.717) is 23.0 Å². The lowest BCUT2D eigenvalue weighted by Gasteiger charge is -2.06. The summed E-state index contributed by atoms with van der Waals surface area (Å²) >= 11 is 0. The number of carbonyl (C=O) groups excluding carboxylic acids is 1. The lowest BCUT2D eigenvalue weighted by Crippen LogP contribution is -2.11. The number of pyridine rings is 1. The van der Waals surface area contributed by atoms with E-state index in [1.54, 1.807) is 35.1 Å².